The summed E-state index contributed by atoms with van der Waals surface area (Å²) in [5.41, 5.74) is 1.36. The van der Waals surface area contributed by atoms with Crippen LogP contribution in [-0.4, -0.2) is 48.6 Å². The molecule has 11 nitrogen and oxygen atoms in total. The minimum Gasteiger partial charge on any atom is -0.490 e. The maximum atomic E-state index is 13.3. The maximum Gasteiger partial charge on any atom is 0.337 e. The number of nitrogens with zero attached hydrogens (tertiary/aromatic N) is 1. The van der Waals surface area contributed by atoms with E-state index in [-0.39, 0.29) is 29.0 Å². The van der Waals surface area contributed by atoms with Gasteiger partial charge in [-0.05, 0) is 88.6 Å². The first kappa shape index (κ1) is 29.0. The summed E-state index contributed by atoms with van der Waals surface area (Å²) < 4.78 is 16.8. The fourth-order valence-electron chi connectivity index (χ4n) is 3.90. The van der Waals surface area contributed by atoms with Gasteiger partial charge in [0.1, 0.15) is 12.2 Å². The quantitative estimate of drug-likeness (QED) is 0.199. The van der Waals surface area contributed by atoms with E-state index in [4.69, 9.17) is 14.6 Å². The van der Waals surface area contributed by atoms with E-state index in [0.717, 1.165) is 10.5 Å². The van der Waals surface area contributed by atoms with Gasteiger partial charge in [0.25, 0.3) is 11.8 Å². The number of carboxylic acids is 1. The van der Waals surface area contributed by atoms with Gasteiger partial charge in [-0.15, -0.1) is 0 Å². The number of carbonyl (C=O) groups is 5. The van der Waals surface area contributed by atoms with Crippen molar-refractivity contribution in [1.29, 1.82) is 0 Å². The Labute approximate surface area is 242 Å². The minimum absolute atomic E-state index is 0.117. The molecule has 3 aromatic rings. The van der Waals surface area contributed by atoms with Crippen molar-refractivity contribution in [3.63, 3.8) is 0 Å². The van der Waals surface area contributed by atoms with Crippen LogP contribution in [0.1, 0.15) is 38.8 Å². The molecule has 1 saturated heterocycles. The van der Waals surface area contributed by atoms with E-state index in [1.54, 1.807) is 31.2 Å². The predicted octanol–water partition coefficient (Wildman–Crippen LogP) is 4.58. The zero-order chi connectivity index (χ0) is 29.7. The van der Waals surface area contributed by atoms with Crippen LogP contribution in [0.3, 0.4) is 0 Å². The average Bonchev–Trinajstić information content (AvgIpc) is 2.95. The molecule has 3 aromatic carbocycles. The maximum absolute atomic E-state index is 13.3. The van der Waals surface area contributed by atoms with Crippen LogP contribution >= 0.6 is 15.9 Å². The van der Waals surface area contributed by atoms with E-state index in [0.29, 0.717) is 28.1 Å². The lowest BCUT2D eigenvalue weighted by molar-refractivity contribution is -0.122. The number of nitrogens with one attached hydrogen (secondary N) is 1. The van der Waals surface area contributed by atoms with Crippen molar-refractivity contribution in [2.24, 2.45) is 0 Å². The monoisotopic (exact) mass is 622 g/mol. The lowest BCUT2D eigenvalue weighted by atomic mass is 10.1. The molecule has 0 atom stereocenters. The number of carboxylic acid groups (broad SMARTS) is 1. The van der Waals surface area contributed by atoms with Crippen molar-refractivity contribution < 1.29 is 43.3 Å². The molecule has 0 bridgehead atoms. The number of aromatic carboxylic acids is 1. The highest BCUT2D eigenvalue weighted by atomic mass is 79.9. The number of esters is 1. The second kappa shape index (κ2) is 12.5. The topological polar surface area (TPSA) is 149 Å². The number of urea groups is 1. The van der Waals surface area contributed by atoms with Crippen molar-refractivity contribution in [2.45, 2.75) is 13.5 Å². The molecule has 0 radical (unpaired) electrons. The Morgan fingerprint density at radius 2 is 1.63 bits per heavy atom. The molecule has 1 aliphatic heterocycles. The number of imide groups is 2. The van der Waals surface area contributed by atoms with Gasteiger partial charge in [-0.1, -0.05) is 12.1 Å². The summed E-state index contributed by atoms with van der Waals surface area (Å²) in [5, 5.41) is 11.2. The summed E-state index contributed by atoms with van der Waals surface area (Å²) in [6, 6.07) is 14.1. The number of barbiturate groups is 1. The van der Waals surface area contributed by atoms with Gasteiger partial charge in [0.15, 0.2) is 11.5 Å². The van der Waals surface area contributed by atoms with Crippen molar-refractivity contribution >= 4 is 57.5 Å². The molecule has 4 rings (SSSR count). The number of hydrogen-bond acceptors (Lipinski definition) is 8. The van der Waals surface area contributed by atoms with Gasteiger partial charge in [-0.25, -0.2) is 19.3 Å². The summed E-state index contributed by atoms with van der Waals surface area (Å²) in [5.74, 6) is -2.66. The highest BCUT2D eigenvalue weighted by molar-refractivity contribution is 9.10. The summed E-state index contributed by atoms with van der Waals surface area (Å²) in [6.45, 7) is 2.19. The number of anilines is 1. The normalized spacial score (nSPS) is 14.1. The zero-order valence-corrected chi connectivity index (χ0v) is 23.4. The number of hydrogen-bond donors (Lipinski definition) is 2. The number of carbonyl (C=O) groups excluding carboxylic acids is 4. The van der Waals surface area contributed by atoms with Crippen molar-refractivity contribution in [1.82, 2.24) is 5.32 Å². The molecule has 12 heteroatoms. The average molecular weight is 623 g/mol. The number of methoxy groups -OCH3 is 1. The Morgan fingerprint density at radius 1 is 0.976 bits per heavy atom. The highest BCUT2D eigenvalue weighted by Crippen LogP contribution is 2.38. The van der Waals surface area contributed by atoms with Crippen LogP contribution in [0.2, 0.25) is 0 Å². The van der Waals surface area contributed by atoms with E-state index < -0.39 is 29.8 Å². The van der Waals surface area contributed by atoms with Gasteiger partial charge in [0, 0.05) is 0 Å². The number of amides is 4. The molecule has 1 heterocycles. The van der Waals surface area contributed by atoms with Crippen LogP contribution < -0.4 is 19.7 Å². The molecule has 0 unspecified atom stereocenters. The first-order chi connectivity index (χ1) is 19.6. The molecule has 0 aromatic heterocycles. The molecule has 0 spiro atoms. The molecule has 0 saturated carbocycles. The molecule has 2 N–H and O–H groups in total. The fraction of sp³-hybridized carbons (Fsp3) is 0.138. The van der Waals surface area contributed by atoms with E-state index >= 15 is 0 Å². The van der Waals surface area contributed by atoms with Gasteiger partial charge in [0.2, 0.25) is 0 Å². The lowest BCUT2D eigenvalue weighted by Gasteiger charge is -2.26. The molecule has 1 fully saturated rings. The van der Waals surface area contributed by atoms with Gasteiger partial charge in [-0.2, -0.15) is 0 Å². The van der Waals surface area contributed by atoms with Crippen LogP contribution in [0, 0.1) is 0 Å². The third-order valence-corrected chi connectivity index (χ3v) is 6.46. The first-order valence-corrected chi connectivity index (χ1v) is 12.9. The van der Waals surface area contributed by atoms with E-state index in [9.17, 15) is 24.0 Å². The lowest BCUT2D eigenvalue weighted by Crippen LogP contribution is -2.54. The SMILES string of the molecule is CCOc1cc(/C=C2\C(=O)NC(=O)N(c3ccc(C(=O)OC)cc3)C2=O)cc(Br)c1OCc1ccc(C(=O)O)cc1. The first-order valence-electron chi connectivity index (χ1n) is 12.1. The van der Waals surface area contributed by atoms with Gasteiger partial charge in [-0.3, -0.25) is 14.9 Å². The van der Waals surface area contributed by atoms with Gasteiger partial charge in [0.05, 0.1) is 35.0 Å². The van der Waals surface area contributed by atoms with Gasteiger partial charge >= 0.3 is 18.0 Å². The Morgan fingerprint density at radius 3 is 2.24 bits per heavy atom. The van der Waals surface area contributed by atoms with Crippen LogP contribution in [-0.2, 0) is 20.9 Å². The number of rotatable bonds is 9. The third kappa shape index (κ3) is 6.44. The van der Waals surface area contributed by atoms with E-state index in [1.807, 2.05) is 0 Å². The molecule has 4 amide bonds. The predicted molar refractivity (Wildman–Crippen MR) is 150 cm³/mol. The van der Waals surface area contributed by atoms with Crippen molar-refractivity contribution in [3.8, 4) is 11.5 Å². The van der Waals surface area contributed by atoms with Crippen LogP contribution in [0.15, 0.2) is 70.7 Å². The standard InChI is InChI=1S/C29H23BrN2O9/c1-3-40-23-14-17(13-22(30)24(23)41-15-16-4-6-18(7-5-16)27(35)36)12-21-25(33)31-29(38)32(26(21)34)20-10-8-19(9-11-20)28(37)39-2/h4-14H,3,15H2,1-2H3,(H,35,36)(H,31,33,38)/b21-12+. The second-order valence-corrected chi connectivity index (χ2v) is 9.40. The number of benzene rings is 3. The molecule has 1 aliphatic rings. The smallest absolute Gasteiger partial charge is 0.337 e. The third-order valence-electron chi connectivity index (χ3n) is 5.88. The fourth-order valence-corrected chi connectivity index (χ4v) is 4.47. The Hall–Kier alpha value is -4.97. The molecular formula is C29H23BrN2O9. The molecular weight excluding hydrogens is 600 g/mol. The van der Waals surface area contributed by atoms with Crippen molar-refractivity contribution in [3.05, 3.63) is 93.0 Å². The van der Waals surface area contributed by atoms with Crippen molar-refractivity contribution in [2.75, 3.05) is 18.6 Å². The molecule has 0 aliphatic carbocycles. The Bertz CT molecular complexity index is 1560. The summed E-state index contributed by atoms with van der Waals surface area (Å²) in [7, 11) is 1.23. The summed E-state index contributed by atoms with van der Waals surface area (Å²) in [4.78, 5) is 62.1. The molecule has 210 valence electrons. The second-order valence-electron chi connectivity index (χ2n) is 8.55. The number of ether oxygens (including phenoxy) is 3. The minimum atomic E-state index is -1.03. The van der Waals surface area contributed by atoms with Gasteiger partial charge < -0.3 is 19.3 Å². The molecule has 41 heavy (non-hydrogen) atoms. The largest absolute Gasteiger partial charge is 0.490 e. The Kier molecular flexibility index (Phi) is 8.83. The van der Waals surface area contributed by atoms with Crippen LogP contribution in [0.4, 0.5) is 10.5 Å². The van der Waals surface area contributed by atoms with Crippen LogP contribution in [0.5, 0.6) is 11.5 Å². The summed E-state index contributed by atoms with van der Waals surface area (Å²) >= 11 is 3.45. The summed E-state index contributed by atoms with van der Waals surface area (Å²) in [6.07, 6.45) is 1.32. The van der Waals surface area contributed by atoms with Crippen LogP contribution in [0.25, 0.3) is 6.08 Å². The Balaban J connectivity index is 1.61. The highest BCUT2D eigenvalue weighted by Gasteiger charge is 2.37. The van der Waals surface area contributed by atoms with E-state index in [1.165, 1.54) is 49.6 Å². The number of halogens is 1. The van der Waals surface area contributed by atoms with E-state index in [2.05, 4.69) is 26.0 Å². The zero-order valence-electron chi connectivity index (χ0n) is 21.8.